The third kappa shape index (κ3) is 3.31. The van der Waals surface area contributed by atoms with Crippen LogP contribution in [0, 0.1) is 20.8 Å². The highest BCUT2D eigenvalue weighted by Gasteiger charge is 2.08. The van der Waals surface area contributed by atoms with Gasteiger partial charge in [0.2, 0.25) is 5.91 Å². The number of nitrogens with zero attached hydrogens (tertiary/aromatic N) is 1. The van der Waals surface area contributed by atoms with Gasteiger partial charge in [0.25, 0.3) is 0 Å². The average Bonchev–Trinajstić information content (AvgIpc) is 2.38. The molecule has 20 heavy (non-hydrogen) atoms. The van der Waals surface area contributed by atoms with Gasteiger partial charge in [0.15, 0.2) is 0 Å². The van der Waals surface area contributed by atoms with Crippen LogP contribution >= 0.6 is 11.8 Å². The number of hydrogen-bond acceptors (Lipinski definition) is 3. The van der Waals surface area contributed by atoms with Crippen molar-refractivity contribution in [1.82, 2.24) is 10.3 Å². The van der Waals surface area contributed by atoms with Crippen molar-refractivity contribution >= 4 is 28.6 Å². The van der Waals surface area contributed by atoms with Crippen molar-refractivity contribution in [2.45, 2.75) is 32.7 Å². The molecule has 2 rings (SSSR count). The van der Waals surface area contributed by atoms with Crippen molar-refractivity contribution in [3.63, 3.8) is 0 Å². The Bertz CT molecular complexity index is 652. The van der Waals surface area contributed by atoms with E-state index >= 15 is 0 Å². The Labute approximate surface area is 124 Å². The average molecular weight is 288 g/mol. The number of carbonyl (C=O) groups excluding carboxylic acids is 1. The summed E-state index contributed by atoms with van der Waals surface area (Å²) in [5.74, 6) is 0.467. The first-order valence-electron chi connectivity index (χ1n) is 6.79. The largest absolute Gasteiger partial charge is 0.356 e. The van der Waals surface area contributed by atoms with E-state index in [1.807, 2.05) is 6.92 Å². The molecule has 2 aromatic rings. The summed E-state index contributed by atoms with van der Waals surface area (Å²) >= 11 is 1.49. The fraction of sp³-hybridized carbons (Fsp3) is 0.375. The molecule has 0 atom stereocenters. The van der Waals surface area contributed by atoms with Crippen molar-refractivity contribution in [2.75, 3.05) is 12.3 Å². The first kappa shape index (κ1) is 14.9. The van der Waals surface area contributed by atoms with Gasteiger partial charge in [0, 0.05) is 11.9 Å². The predicted molar refractivity (Wildman–Crippen MR) is 85.4 cm³/mol. The second kappa shape index (κ2) is 6.27. The Hall–Kier alpha value is -1.55. The maximum atomic E-state index is 11.5. The molecule has 0 bridgehead atoms. The minimum absolute atomic E-state index is 0.0534. The van der Waals surface area contributed by atoms with Crippen LogP contribution in [0.25, 0.3) is 10.9 Å². The van der Waals surface area contributed by atoms with Crippen molar-refractivity contribution in [2.24, 2.45) is 0 Å². The summed E-state index contributed by atoms with van der Waals surface area (Å²) in [5.41, 5.74) is 4.68. The molecule has 1 amide bonds. The van der Waals surface area contributed by atoms with Gasteiger partial charge in [-0.1, -0.05) is 23.4 Å². The second-order valence-electron chi connectivity index (χ2n) is 5.00. The lowest BCUT2D eigenvalue weighted by Crippen LogP contribution is -2.24. The van der Waals surface area contributed by atoms with Crippen LogP contribution in [0.4, 0.5) is 0 Å². The number of thioether (sulfide) groups is 1. The molecule has 0 aliphatic carbocycles. The third-order valence-electron chi connectivity index (χ3n) is 3.16. The molecule has 0 radical (unpaired) electrons. The topological polar surface area (TPSA) is 42.0 Å². The van der Waals surface area contributed by atoms with Crippen molar-refractivity contribution in [3.8, 4) is 0 Å². The van der Waals surface area contributed by atoms with E-state index in [4.69, 9.17) is 4.98 Å². The number of fused-ring (bicyclic) bond motifs is 1. The zero-order chi connectivity index (χ0) is 14.7. The van der Waals surface area contributed by atoms with Crippen LogP contribution in [0.3, 0.4) is 0 Å². The van der Waals surface area contributed by atoms with E-state index in [0.717, 1.165) is 10.5 Å². The van der Waals surface area contributed by atoms with E-state index in [1.54, 1.807) is 0 Å². The lowest BCUT2D eigenvalue weighted by atomic mass is 10.0. The molecule has 0 fully saturated rings. The molecule has 4 heteroatoms. The van der Waals surface area contributed by atoms with Gasteiger partial charge in [0.05, 0.1) is 16.3 Å². The Kier molecular flexibility index (Phi) is 4.65. The maximum absolute atomic E-state index is 11.5. The number of amides is 1. The first-order valence-corrected chi connectivity index (χ1v) is 7.78. The number of carbonyl (C=O) groups is 1. The van der Waals surface area contributed by atoms with Crippen LogP contribution in [0.15, 0.2) is 23.2 Å². The smallest absolute Gasteiger partial charge is 0.230 e. The number of benzene rings is 1. The highest BCUT2D eigenvalue weighted by atomic mass is 32.2. The molecule has 0 saturated carbocycles. The molecule has 1 heterocycles. The maximum Gasteiger partial charge on any atom is 0.230 e. The Morgan fingerprint density at radius 3 is 2.65 bits per heavy atom. The monoisotopic (exact) mass is 288 g/mol. The number of aromatic nitrogens is 1. The van der Waals surface area contributed by atoms with Crippen LogP contribution in [0.2, 0.25) is 0 Å². The summed E-state index contributed by atoms with van der Waals surface area (Å²) in [5, 5.41) is 4.91. The Morgan fingerprint density at radius 2 is 1.95 bits per heavy atom. The van der Waals surface area contributed by atoms with Gasteiger partial charge >= 0.3 is 0 Å². The molecule has 1 N–H and O–H groups in total. The zero-order valence-electron chi connectivity index (χ0n) is 12.4. The highest BCUT2D eigenvalue weighted by Crippen LogP contribution is 2.26. The van der Waals surface area contributed by atoms with Gasteiger partial charge in [0.1, 0.15) is 0 Å². The van der Waals surface area contributed by atoms with E-state index in [2.05, 4.69) is 44.3 Å². The van der Waals surface area contributed by atoms with Crippen LogP contribution in [0.5, 0.6) is 0 Å². The third-order valence-corrected chi connectivity index (χ3v) is 4.07. The van der Waals surface area contributed by atoms with Crippen molar-refractivity contribution in [1.29, 1.82) is 0 Å². The van der Waals surface area contributed by atoms with Gasteiger partial charge in [-0.25, -0.2) is 4.98 Å². The van der Waals surface area contributed by atoms with E-state index in [0.29, 0.717) is 12.3 Å². The predicted octanol–water partition coefficient (Wildman–Crippen LogP) is 3.39. The summed E-state index contributed by atoms with van der Waals surface area (Å²) < 4.78 is 0. The number of pyridine rings is 1. The quantitative estimate of drug-likeness (QED) is 0.877. The normalized spacial score (nSPS) is 10.8. The zero-order valence-corrected chi connectivity index (χ0v) is 13.2. The molecule has 0 unspecified atom stereocenters. The minimum atomic E-state index is 0.0534. The standard InChI is InChI=1S/C16H20N2OS/c1-5-17-14(19)9-20-15-8-11(3)13-7-10(2)6-12(4)16(13)18-15/h6-8H,5,9H2,1-4H3,(H,17,19). The highest BCUT2D eigenvalue weighted by molar-refractivity contribution is 7.99. The lowest BCUT2D eigenvalue weighted by molar-refractivity contribution is -0.118. The lowest BCUT2D eigenvalue weighted by Gasteiger charge is -2.09. The number of hydrogen-bond donors (Lipinski definition) is 1. The van der Waals surface area contributed by atoms with Crippen LogP contribution in [0.1, 0.15) is 23.6 Å². The molecule has 1 aromatic heterocycles. The molecule has 106 valence electrons. The first-order chi connectivity index (χ1) is 9.51. The number of aryl methyl sites for hydroxylation is 3. The summed E-state index contributed by atoms with van der Waals surface area (Å²) in [7, 11) is 0. The number of rotatable bonds is 4. The molecule has 3 nitrogen and oxygen atoms in total. The summed E-state index contributed by atoms with van der Waals surface area (Å²) in [4.78, 5) is 16.2. The fourth-order valence-corrected chi connectivity index (χ4v) is 3.07. The summed E-state index contributed by atoms with van der Waals surface area (Å²) in [6, 6.07) is 6.38. The van der Waals surface area contributed by atoms with Gasteiger partial charge in [-0.15, -0.1) is 0 Å². The molecule has 0 aliphatic heterocycles. The fourth-order valence-electron chi connectivity index (χ4n) is 2.28. The minimum Gasteiger partial charge on any atom is -0.356 e. The molecule has 0 saturated heterocycles. The van der Waals surface area contributed by atoms with E-state index in [-0.39, 0.29) is 5.91 Å². The van der Waals surface area contributed by atoms with Gasteiger partial charge in [-0.3, -0.25) is 4.79 Å². The molecule has 0 aliphatic rings. The van der Waals surface area contributed by atoms with Gasteiger partial charge < -0.3 is 5.32 Å². The molecule has 0 spiro atoms. The molecule has 1 aromatic carbocycles. The second-order valence-corrected chi connectivity index (χ2v) is 5.99. The van der Waals surface area contributed by atoms with E-state index < -0.39 is 0 Å². The van der Waals surface area contributed by atoms with Crippen molar-refractivity contribution in [3.05, 3.63) is 34.9 Å². The number of nitrogens with one attached hydrogen (secondary N) is 1. The van der Waals surface area contributed by atoms with E-state index in [9.17, 15) is 4.79 Å². The van der Waals surface area contributed by atoms with Crippen LogP contribution in [-0.2, 0) is 4.79 Å². The van der Waals surface area contributed by atoms with Crippen molar-refractivity contribution < 1.29 is 4.79 Å². The Morgan fingerprint density at radius 1 is 1.20 bits per heavy atom. The van der Waals surface area contributed by atoms with E-state index in [1.165, 1.54) is 33.8 Å². The summed E-state index contributed by atoms with van der Waals surface area (Å²) in [6.07, 6.45) is 0. The van der Waals surface area contributed by atoms with Gasteiger partial charge in [-0.05, 0) is 51.0 Å². The summed E-state index contributed by atoms with van der Waals surface area (Å²) in [6.45, 7) is 8.87. The molecular formula is C16H20N2OS. The van der Waals surface area contributed by atoms with Gasteiger partial charge in [-0.2, -0.15) is 0 Å². The molecular weight excluding hydrogens is 268 g/mol. The van der Waals surface area contributed by atoms with Crippen LogP contribution in [-0.4, -0.2) is 23.2 Å². The van der Waals surface area contributed by atoms with Crippen LogP contribution < -0.4 is 5.32 Å². The SMILES string of the molecule is CCNC(=O)CSc1cc(C)c2cc(C)cc(C)c2n1. The Balaban J connectivity index is 2.30.